The summed E-state index contributed by atoms with van der Waals surface area (Å²) in [5, 5.41) is 3.65. The normalized spacial score (nSPS) is 31.6. The van der Waals surface area contributed by atoms with Crippen molar-refractivity contribution in [3.8, 4) is 5.75 Å². The molecule has 1 N–H and O–H groups in total. The molecule has 3 heteroatoms. The van der Waals surface area contributed by atoms with Crippen LogP contribution in [0.2, 0.25) is 0 Å². The molecule has 110 valence electrons. The minimum Gasteiger partial charge on any atom is -0.486 e. The van der Waals surface area contributed by atoms with E-state index in [1.165, 1.54) is 11.3 Å². The largest absolute Gasteiger partial charge is 0.486 e. The van der Waals surface area contributed by atoms with Crippen molar-refractivity contribution in [3.63, 3.8) is 0 Å². The number of benzene rings is 1. The van der Waals surface area contributed by atoms with Crippen LogP contribution in [0.5, 0.6) is 5.75 Å². The molecule has 2 heterocycles. The average molecular weight is 291 g/mol. The Labute approximate surface area is 126 Å². The molecule has 0 radical (unpaired) electrons. The van der Waals surface area contributed by atoms with Crippen molar-refractivity contribution >= 4 is 11.8 Å². The van der Waals surface area contributed by atoms with Crippen LogP contribution in [-0.2, 0) is 0 Å². The van der Waals surface area contributed by atoms with E-state index >= 15 is 0 Å². The first kappa shape index (κ1) is 14.3. The van der Waals surface area contributed by atoms with Crippen molar-refractivity contribution in [2.45, 2.75) is 45.3 Å². The number of hydrogen-bond acceptors (Lipinski definition) is 3. The van der Waals surface area contributed by atoms with E-state index in [2.05, 4.69) is 50.4 Å². The maximum absolute atomic E-state index is 6.51. The molecule has 0 aliphatic carbocycles. The van der Waals surface area contributed by atoms with Gasteiger partial charge in [-0.1, -0.05) is 39.0 Å². The van der Waals surface area contributed by atoms with Crippen LogP contribution >= 0.6 is 11.8 Å². The minimum atomic E-state index is 0.00755. The molecule has 0 saturated carbocycles. The van der Waals surface area contributed by atoms with Crippen LogP contribution in [0.1, 0.15) is 45.2 Å². The molecule has 2 aliphatic rings. The van der Waals surface area contributed by atoms with Gasteiger partial charge >= 0.3 is 0 Å². The van der Waals surface area contributed by atoms with Crippen molar-refractivity contribution in [3.05, 3.63) is 29.8 Å². The molecule has 0 bridgehead atoms. The van der Waals surface area contributed by atoms with Crippen LogP contribution in [0, 0.1) is 5.41 Å². The number of rotatable bonds is 2. The molecule has 1 aromatic rings. The van der Waals surface area contributed by atoms with Gasteiger partial charge in [0.2, 0.25) is 0 Å². The third kappa shape index (κ3) is 2.71. The third-order valence-electron chi connectivity index (χ3n) is 4.31. The van der Waals surface area contributed by atoms with Crippen molar-refractivity contribution in [2.75, 3.05) is 18.1 Å². The van der Waals surface area contributed by atoms with E-state index in [0.717, 1.165) is 30.9 Å². The zero-order valence-electron chi connectivity index (χ0n) is 12.7. The van der Waals surface area contributed by atoms with Gasteiger partial charge in [-0.25, -0.2) is 0 Å². The Balaban J connectivity index is 1.93. The fourth-order valence-electron chi connectivity index (χ4n) is 3.73. The summed E-state index contributed by atoms with van der Waals surface area (Å²) in [5.41, 5.74) is 1.70. The third-order valence-corrected chi connectivity index (χ3v) is 6.02. The smallest absolute Gasteiger partial charge is 0.124 e. The topological polar surface area (TPSA) is 21.3 Å². The highest BCUT2D eigenvalue weighted by molar-refractivity contribution is 7.99. The first-order valence-corrected chi connectivity index (χ1v) is 8.78. The summed E-state index contributed by atoms with van der Waals surface area (Å²) in [7, 11) is 0. The van der Waals surface area contributed by atoms with Gasteiger partial charge in [-0.3, -0.25) is 0 Å². The molecular weight excluding hydrogens is 266 g/mol. The molecule has 2 atom stereocenters. The first-order chi connectivity index (χ1) is 9.54. The lowest BCUT2D eigenvalue weighted by atomic mass is 9.76. The van der Waals surface area contributed by atoms with Gasteiger partial charge in [-0.05, 0) is 30.2 Å². The molecule has 1 aromatic carbocycles. The maximum Gasteiger partial charge on any atom is 0.124 e. The highest BCUT2D eigenvalue weighted by atomic mass is 32.2. The van der Waals surface area contributed by atoms with E-state index in [0.29, 0.717) is 11.5 Å². The summed E-state index contributed by atoms with van der Waals surface area (Å²) in [6.45, 7) is 7.93. The van der Waals surface area contributed by atoms with Gasteiger partial charge in [0.05, 0.1) is 0 Å². The van der Waals surface area contributed by atoms with Crippen LogP contribution in [0.25, 0.3) is 0 Å². The van der Waals surface area contributed by atoms with Gasteiger partial charge in [0, 0.05) is 23.8 Å². The summed E-state index contributed by atoms with van der Waals surface area (Å²) in [4.78, 5) is 0. The molecule has 1 fully saturated rings. The second-order valence-corrected chi connectivity index (χ2v) is 7.96. The zero-order chi connectivity index (χ0) is 14.2. The van der Waals surface area contributed by atoms with E-state index in [4.69, 9.17) is 4.74 Å². The SMILES string of the molecule is CCNC1CC2(CSCC(C)(C)C2)Oc2ccccc21. The number of ether oxygens (including phenoxy) is 1. The molecule has 2 unspecified atom stereocenters. The summed E-state index contributed by atoms with van der Waals surface area (Å²) >= 11 is 2.05. The van der Waals surface area contributed by atoms with Crippen LogP contribution in [0.3, 0.4) is 0 Å². The van der Waals surface area contributed by atoms with Gasteiger partial charge in [0.1, 0.15) is 11.4 Å². The van der Waals surface area contributed by atoms with Gasteiger partial charge in [0.15, 0.2) is 0 Å². The Morgan fingerprint density at radius 1 is 1.30 bits per heavy atom. The highest BCUT2D eigenvalue weighted by Gasteiger charge is 2.46. The van der Waals surface area contributed by atoms with Crippen LogP contribution in [0.15, 0.2) is 24.3 Å². The van der Waals surface area contributed by atoms with Gasteiger partial charge in [0.25, 0.3) is 0 Å². The fraction of sp³-hybridized carbons (Fsp3) is 0.647. The van der Waals surface area contributed by atoms with Crippen LogP contribution in [0.4, 0.5) is 0 Å². The molecule has 0 aromatic heterocycles. The molecule has 0 amide bonds. The molecule has 3 rings (SSSR count). The number of fused-ring (bicyclic) bond motifs is 1. The lowest BCUT2D eigenvalue weighted by Crippen LogP contribution is -2.51. The molecular formula is C17H25NOS. The van der Waals surface area contributed by atoms with E-state index in [9.17, 15) is 0 Å². The van der Waals surface area contributed by atoms with Crippen LogP contribution in [-0.4, -0.2) is 23.7 Å². The average Bonchev–Trinajstić information content (AvgIpc) is 2.37. The maximum atomic E-state index is 6.51. The fourth-order valence-corrected chi connectivity index (χ4v) is 5.14. The molecule has 1 saturated heterocycles. The van der Waals surface area contributed by atoms with Crippen molar-refractivity contribution in [2.24, 2.45) is 5.41 Å². The minimum absolute atomic E-state index is 0.00755. The second kappa shape index (κ2) is 5.27. The van der Waals surface area contributed by atoms with Gasteiger partial charge < -0.3 is 10.1 Å². The molecule has 20 heavy (non-hydrogen) atoms. The van der Waals surface area contributed by atoms with E-state index in [1.807, 2.05) is 11.8 Å². The second-order valence-electron chi connectivity index (χ2n) is 6.97. The Morgan fingerprint density at radius 2 is 2.10 bits per heavy atom. The van der Waals surface area contributed by atoms with E-state index in [-0.39, 0.29) is 5.60 Å². The van der Waals surface area contributed by atoms with Crippen molar-refractivity contribution < 1.29 is 4.74 Å². The summed E-state index contributed by atoms with van der Waals surface area (Å²) in [6, 6.07) is 8.97. The summed E-state index contributed by atoms with van der Waals surface area (Å²) in [6.07, 6.45) is 2.25. The lowest BCUT2D eigenvalue weighted by molar-refractivity contribution is 0.0122. The molecule has 1 spiro atoms. The highest BCUT2D eigenvalue weighted by Crippen LogP contribution is 2.49. The number of para-hydroxylation sites is 1. The summed E-state index contributed by atoms with van der Waals surface area (Å²) < 4.78 is 6.51. The predicted octanol–water partition coefficient (Wildman–Crippen LogP) is 4.02. The standard InChI is InChI=1S/C17H25NOS/c1-4-18-14-9-17(10-16(2,3)11-20-12-17)19-15-8-6-5-7-13(14)15/h5-8,14,18H,4,9-12H2,1-3H3. The molecule has 2 aliphatic heterocycles. The lowest BCUT2D eigenvalue weighted by Gasteiger charge is -2.49. The first-order valence-electron chi connectivity index (χ1n) is 7.63. The Morgan fingerprint density at radius 3 is 2.85 bits per heavy atom. The Kier molecular flexibility index (Phi) is 3.76. The monoisotopic (exact) mass is 291 g/mol. The number of nitrogens with one attached hydrogen (secondary N) is 1. The quantitative estimate of drug-likeness (QED) is 0.889. The van der Waals surface area contributed by atoms with Crippen molar-refractivity contribution in [1.29, 1.82) is 0 Å². The molecule has 2 nitrogen and oxygen atoms in total. The van der Waals surface area contributed by atoms with Gasteiger partial charge in [-0.2, -0.15) is 11.8 Å². The van der Waals surface area contributed by atoms with E-state index in [1.54, 1.807) is 0 Å². The Bertz CT molecular complexity index is 488. The zero-order valence-corrected chi connectivity index (χ0v) is 13.6. The Hall–Kier alpha value is -0.670. The van der Waals surface area contributed by atoms with Gasteiger partial charge in [-0.15, -0.1) is 0 Å². The summed E-state index contributed by atoms with van der Waals surface area (Å²) in [5.74, 6) is 3.45. The number of thioether (sulfide) groups is 1. The number of hydrogen-bond donors (Lipinski definition) is 1. The van der Waals surface area contributed by atoms with E-state index < -0.39 is 0 Å². The predicted molar refractivity (Wildman–Crippen MR) is 86.6 cm³/mol. The van der Waals surface area contributed by atoms with Crippen molar-refractivity contribution in [1.82, 2.24) is 5.32 Å². The van der Waals surface area contributed by atoms with Crippen LogP contribution < -0.4 is 10.1 Å².